The molecule has 0 atom stereocenters. The lowest BCUT2D eigenvalue weighted by Crippen LogP contribution is -2.02. The molecule has 0 aromatic carbocycles. The van der Waals surface area contributed by atoms with E-state index in [1.54, 1.807) is 12.3 Å². The van der Waals surface area contributed by atoms with Gasteiger partial charge in [-0.3, -0.25) is 4.79 Å². The lowest BCUT2D eigenvalue weighted by Gasteiger charge is -2.06. The molecule has 10 heavy (non-hydrogen) atoms. The Balaban J connectivity index is 3.07. The van der Waals surface area contributed by atoms with E-state index >= 15 is 0 Å². The number of nitrogens with one attached hydrogen (secondary N) is 1. The highest BCUT2D eigenvalue weighted by molar-refractivity contribution is 8.15. The number of rotatable bonds is 1. The topological polar surface area (TPSA) is 32.9 Å². The third-order valence-electron chi connectivity index (χ3n) is 1.28. The highest BCUT2D eigenvalue weighted by atomic mass is 32.2. The number of aromatic amines is 1. The molecule has 0 bridgehead atoms. The van der Waals surface area contributed by atoms with Crippen LogP contribution in [-0.2, 0) is 0 Å². The van der Waals surface area contributed by atoms with Crippen LogP contribution < -0.4 is 5.56 Å². The van der Waals surface area contributed by atoms with Crippen LogP contribution in [0.2, 0.25) is 0 Å². The van der Waals surface area contributed by atoms with Crippen molar-refractivity contribution >= 4 is 10.9 Å². The summed E-state index contributed by atoms with van der Waals surface area (Å²) in [6.07, 6.45) is 5.95. The highest BCUT2D eigenvalue weighted by Gasteiger charge is 1.92. The van der Waals surface area contributed by atoms with Gasteiger partial charge in [-0.2, -0.15) is 0 Å². The smallest absolute Gasteiger partial charge is 0.248 e. The quantitative estimate of drug-likeness (QED) is 0.586. The fourth-order valence-corrected chi connectivity index (χ4v) is 1.46. The minimum atomic E-state index is -0.132. The molecule has 56 valence electrons. The fraction of sp³-hybridized carbons (Fsp3) is 0.286. The second-order valence-corrected chi connectivity index (χ2v) is 4.61. The van der Waals surface area contributed by atoms with Crippen LogP contribution in [0.1, 0.15) is 0 Å². The summed E-state index contributed by atoms with van der Waals surface area (Å²) in [6, 6.07) is 3.61. The third kappa shape index (κ3) is 1.64. The number of hydrogen-bond acceptors (Lipinski definition) is 1. The molecule has 1 aromatic rings. The lowest BCUT2D eigenvalue weighted by molar-refractivity contribution is 1.18. The van der Waals surface area contributed by atoms with E-state index in [4.69, 9.17) is 0 Å². The largest absolute Gasteiger partial charge is 0.329 e. The van der Waals surface area contributed by atoms with E-state index in [0.717, 1.165) is 4.90 Å². The molecule has 2 nitrogen and oxygen atoms in total. The Morgan fingerprint density at radius 3 is 2.60 bits per heavy atom. The summed E-state index contributed by atoms with van der Waals surface area (Å²) in [4.78, 5) is 14.5. The maximum absolute atomic E-state index is 10.7. The average molecular weight is 157 g/mol. The SMILES string of the molecule is C[SH](C)c1cc[nH]c(=O)c1. The molecule has 0 unspecified atom stereocenters. The molecule has 0 aliphatic rings. The zero-order chi connectivity index (χ0) is 7.56. The maximum atomic E-state index is 10.7. The van der Waals surface area contributed by atoms with Crippen LogP contribution in [0.25, 0.3) is 0 Å². The molecule has 0 saturated carbocycles. The van der Waals surface area contributed by atoms with Gasteiger partial charge in [-0.25, -0.2) is 10.9 Å². The molecule has 1 heterocycles. The zero-order valence-electron chi connectivity index (χ0n) is 6.09. The molecule has 0 saturated heterocycles. The van der Waals surface area contributed by atoms with Crippen molar-refractivity contribution in [2.45, 2.75) is 4.90 Å². The van der Waals surface area contributed by atoms with Crippen molar-refractivity contribution < 1.29 is 0 Å². The maximum Gasteiger partial charge on any atom is 0.248 e. The Bertz CT molecular complexity index is 266. The van der Waals surface area contributed by atoms with E-state index in [2.05, 4.69) is 17.5 Å². The summed E-state index contributed by atoms with van der Waals surface area (Å²) >= 11 is 0. The second kappa shape index (κ2) is 2.92. The molecule has 0 spiro atoms. The summed E-state index contributed by atoms with van der Waals surface area (Å²) in [5.74, 6) is 0. The highest BCUT2D eigenvalue weighted by Crippen LogP contribution is 2.25. The summed E-state index contributed by atoms with van der Waals surface area (Å²) in [5.41, 5.74) is -0.00583. The van der Waals surface area contributed by atoms with Gasteiger partial charge in [0.15, 0.2) is 0 Å². The summed E-state index contributed by atoms with van der Waals surface area (Å²) in [6.45, 7) is 0. The fourth-order valence-electron chi connectivity index (χ4n) is 0.711. The van der Waals surface area contributed by atoms with E-state index in [-0.39, 0.29) is 16.5 Å². The first-order valence-electron chi connectivity index (χ1n) is 3.06. The van der Waals surface area contributed by atoms with E-state index in [1.165, 1.54) is 0 Å². The van der Waals surface area contributed by atoms with Crippen molar-refractivity contribution in [3.63, 3.8) is 0 Å². The molecule has 1 rings (SSSR count). The van der Waals surface area contributed by atoms with Crippen LogP contribution in [0.4, 0.5) is 0 Å². The van der Waals surface area contributed by atoms with Crippen molar-refractivity contribution in [2.75, 3.05) is 12.5 Å². The first-order chi connectivity index (χ1) is 4.70. The van der Waals surface area contributed by atoms with Crippen LogP contribution in [-0.4, -0.2) is 17.5 Å². The van der Waals surface area contributed by atoms with Crippen LogP contribution in [0, 0.1) is 0 Å². The van der Waals surface area contributed by atoms with Crippen molar-refractivity contribution in [2.24, 2.45) is 0 Å². The molecule has 1 aromatic heterocycles. The molecular weight excluding hydrogens is 146 g/mol. The van der Waals surface area contributed by atoms with Crippen LogP contribution in [0.15, 0.2) is 28.0 Å². The van der Waals surface area contributed by atoms with Gasteiger partial charge in [0.25, 0.3) is 0 Å². The van der Waals surface area contributed by atoms with Crippen molar-refractivity contribution in [1.82, 2.24) is 4.98 Å². The molecular formula is C7H11NOS. The van der Waals surface area contributed by atoms with Crippen LogP contribution in [0.3, 0.4) is 0 Å². The standard InChI is InChI=1S/C7H11NOS/c1-10(2)6-3-4-8-7(9)5-6/h3-5,10H,1-2H3,(H,8,9). The summed E-state index contributed by atoms with van der Waals surface area (Å²) in [7, 11) is -0.132. The number of H-pyrrole nitrogens is 1. The van der Waals surface area contributed by atoms with Crippen LogP contribution in [0.5, 0.6) is 0 Å². The predicted molar refractivity (Wildman–Crippen MR) is 46.2 cm³/mol. The summed E-state index contributed by atoms with van der Waals surface area (Å²) < 4.78 is 0. The van der Waals surface area contributed by atoms with Crippen molar-refractivity contribution in [3.8, 4) is 0 Å². The monoisotopic (exact) mass is 157 g/mol. The molecule has 1 N–H and O–H groups in total. The normalized spacial score (nSPS) is 11.2. The first kappa shape index (κ1) is 7.41. The molecule has 0 aliphatic heterocycles. The van der Waals surface area contributed by atoms with Gasteiger partial charge in [0.05, 0.1) is 0 Å². The van der Waals surface area contributed by atoms with Gasteiger partial charge < -0.3 is 4.98 Å². The number of pyridine rings is 1. The van der Waals surface area contributed by atoms with Gasteiger partial charge in [0.1, 0.15) is 0 Å². The molecule has 0 amide bonds. The first-order valence-corrected chi connectivity index (χ1v) is 5.30. The van der Waals surface area contributed by atoms with E-state index in [1.807, 2.05) is 6.07 Å². The molecule has 0 fully saturated rings. The van der Waals surface area contributed by atoms with Gasteiger partial charge in [0.2, 0.25) is 5.56 Å². The van der Waals surface area contributed by atoms with Gasteiger partial charge in [0, 0.05) is 12.3 Å². The van der Waals surface area contributed by atoms with E-state index in [0.29, 0.717) is 0 Å². The minimum Gasteiger partial charge on any atom is -0.329 e. The second-order valence-electron chi connectivity index (χ2n) is 2.31. The van der Waals surface area contributed by atoms with Gasteiger partial charge >= 0.3 is 0 Å². The Hall–Kier alpha value is -0.700. The Morgan fingerprint density at radius 1 is 1.50 bits per heavy atom. The number of thiol groups is 1. The molecule has 3 heteroatoms. The van der Waals surface area contributed by atoms with E-state index in [9.17, 15) is 4.79 Å². The van der Waals surface area contributed by atoms with Gasteiger partial charge in [-0.15, -0.1) is 0 Å². The minimum absolute atomic E-state index is 0.00583. The van der Waals surface area contributed by atoms with Gasteiger partial charge in [-0.05, 0) is 23.5 Å². The predicted octanol–water partition coefficient (Wildman–Crippen LogP) is 0.995. The molecule has 0 aliphatic carbocycles. The number of aromatic nitrogens is 1. The Kier molecular flexibility index (Phi) is 2.17. The Labute approximate surface area is 62.6 Å². The van der Waals surface area contributed by atoms with E-state index < -0.39 is 0 Å². The zero-order valence-corrected chi connectivity index (χ0v) is 6.98. The summed E-state index contributed by atoms with van der Waals surface area (Å²) in [5, 5.41) is 0. The van der Waals surface area contributed by atoms with Gasteiger partial charge in [-0.1, -0.05) is 0 Å². The van der Waals surface area contributed by atoms with Crippen LogP contribution >= 0.6 is 10.9 Å². The average Bonchev–Trinajstić information content (AvgIpc) is 1.88. The lowest BCUT2D eigenvalue weighted by atomic mass is 10.5. The Morgan fingerprint density at radius 2 is 2.20 bits per heavy atom. The molecule has 0 radical (unpaired) electrons. The van der Waals surface area contributed by atoms with Crippen molar-refractivity contribution in [1.29, 1.82) is 0 Å². The van der Waals surface area contributed by atoms with Crippen molar-refractivity contribution in [3.05, 3.63) is 28.7 Å². The third-order valence-corrected chi connectivity index (χ3v) is 2.59. The number of hydrogen-bond donors (Lipinski definition) is 2.